The van der Waals surface area contributed by atoms with Crippen LogP contribution >= 0.6 is 12.4 Å². The Hall–Kier alpha value is -2.57. The predicted octanol–water partition coefficient (Wildman–Crippen LogP) is 3.26. The second-order valence-corrected chi connectivity index (χ2v) is 7.63. The fourth-order valence-corrected chi connectivity index (χ4v) is 4.04. The smallest absolute Gasteiger partial charge is 0.265 e. The van der Waals surface area contributed by atoms with E-state index in [9.17, 15) is 9.59 Å². The van der Waals surface area contributed by atoms with Crippen LogP contribution in [0, 0.1) is 0 Å². The third-order valence-corrected chi connectivity index (χ3v) is 5.52. The second kappa shape index (κ2) is 9.96. The molecule has 4 rings (SSSR count). The van der Waals surface area contributed by atoms with Crippen molar-refractivity contribution in [1.29, 1.82) is 0 Å². The number of anilines is 1. The molecule has 2 amide bonds. The van der Waals surface area contributed by atoms with Gasteiger partial charge in [-0.3, -0.25) is 9.59 Å². The monoisotopic (exact) mass is 429 g/mol. The van der Waals surface area contributed by atoms with Gasteiger partial charge in [-0.15, -0.1) is 12.4 Å². The summed E-state index contributed by atoms with van der Waals surface area (Å²) < 4.78 is 5.76. The Balaban J connectivity index is 0.00000256. The minimum absolute atomic E-state index is 0. The van der Waals surface area contributed by atoms with Crippen molar-refractivity contribution in [3.8, 4) is 5.75 Å². The molecule has 0 radical (unpaired) electrons. The number of rotatable bonds is 6. The van der Waals surface area contributed by atoms with Crippen molar-refractivity contribution < 1.29 is 14.3 Å². The van der Waals surface area contributed by atoms with Crippen LogP contribution < -0.4 is 15.4 Å². The molecule has 2 atom stereocenters. The highest BCUT2D eigenvalue weighted by Gasteiger charge is 2.29. The molecule has 2 aromatic carbocycles. The van der Waals surface area contributed by atoms with Gasteiger partial charge < -0.3 is 20.3 Å². The van der Waals surface area contributed by atoms with Crippen molar-refractivity contribution >= 4 is 29.9 Å². The standard InChI is InChI=1S/C23H27N3O3.ClH/c1-2-12-26(19-10-11-24-15-19)23(28)17-7-5-8-18(13-17)25-22(27)21-14-16-6-3-4-9-20(16)29-21;/h3-9,13,19,21,24H,2,10-12,14-15H2,1H3,(H,25,27);1H. The van der Waals surface area contributed by atoms with Gasteiger partial charge >= 0.3 is 0 Å². The molecular weight excluding hydrogens is 402 g/mol. The Kier molecular flexibility index (Phi) is 7.34. The average Bonchev–Trinajstić information content (AvgIpc) is 3.41. The number of nitrogens with one attached hydrogen (secondary N) is 2. The summed E-state index contributed by atoms with van der Waals surface area (Å²) in [6.07, 6.45) is 1.90. The second-order valence-electron chi connectivity index (χ2n) is 7.63. The molecule has 2 N–H and O–H groups in total. The summed E-state index contributed by atoms with van der Waals surface area (Å²) in [6, 6.07) is 15.1. The number of carbonyl (C=O) groups is 2. The molecule has 30 heavy (non-hydrogen) atoms. The van der Waals surface area contributed by atoms with Crippen molar-refractivity contribution in [2.75, 3.05) is 25.0 Å². The highest BCUT2D eigenvalue weighted by molar-refractivity contribution is 5.98. The zero-order chi connectivity index (χ0) is 20.2. The van der Waals surface area contributed by atoms with E-state index in [0.29, 0.717) is 17.7 Å². The SMILES string of the molecule is CCCN(C(=O)c1cccc(NC(=O)C2Cc3ccccc3O2)c1)C1CCNC1.Cl. The number of amides is 2. The van der Waals surface area contributed by atoms with Crippen LogP contribution in [-0.2, 0) is 11.2 Å². The molecule has 0 aliphatic carbocycles. The van der Waals surface area contributed by atoms with Gasteiger partial charge in [-0.25, -0.2) is 0 Å². The first-order chi connectivity index (χ1) is 14.2. The van der Waals surface area contributed by atoms with Crippen LogP contribution in [0.2, 0.25) is 0 Å². The molecule has 1 saturated heterocycles. The molecule has 2 unspecified atom stereocenters. The first kappa shape index (κ1) is 22.1. The number of fused-ring (bicyclic) bond motifs is 1. The molecule has 0 spiro atoms. The minimum atomic E-state index is -0.548. The number of ether oxygens (including phenoxy) is 1. The Morgan fingerprint density at radius 1 is 1.20 bits per heavy atom. The molecule has 2 aromatic rings. The van der Waals surface area contributed by atoms with Crippen molar-refractivity contribution in [3.63, 3.8) is 0 Å². The topological polar surface area (TPSA) is 70.7 Å². The van der Waals surface area contributed by atoms with Crippen molar-refractivity contribution in [3.05, 3.63) is 59.7 Å². The summed E-state index contributed by atoms with van der Waals surface area (Å²) in [5, 5.41) is 6.24. The third kappa shape index (κ3) is 4.77. The highest BCUT2D eigenvalue weighted by Crippen LogP contribution is 2.28. The zero-order valence-electron chi connectivity index (χ0n) is 17.1. The van der Waals surface area contributed by atoms with Gasteiger partial charge in [-0.05, 0) is 49.2 Å². The predicted molar refractivity (Wildman–Crippen MR) is 119 cm³/mol. The van der Waals surface area contributed by atoms with E-state index in [-0.39, 0.29) is 30.3 Å². The van der Waals surface area contributed by atoms with Gasteiger partial charge in [-0.2, -0.15) is 0 Å². The molecule has 6 nitrogen and oxygen atoms in total. The summed E-state index contributed by atoms with van der Waals surface area (Å²) in [7, 11) is 0. The Morgan fingerprint density at radius 2 is 2.03 bits per heavy atom. The number of halogens is 1. The molecule has 2 aliphatic heterocycles. The number of para-hydroxylation sites is 1. The fourth-order valence-electron chi connectivity index (χ4n) is 4.04. The van der Waals surface area contributed by atoms with Crippen molar-refractivity contribution in [2.45, 2.75) is 38.3 Å². The maximum Gasteiger partial charge on any atom is 0.265 e. The van der Waals surface area contributed by atoms with E-state index in [1.54, 1.807) is 12.1 Å². The molecule has 160 valence electrons. The molecule has 0 bridgehead atoms. The fraction of sp³-hybridized carbons (Fsp3) is 0.391. The lowest BCUT2D eigenvalue weighted by Crippen LogP contribution is -2.42. The number of carbonyl (C=O) groups excluding carboxylic acids is 2. The van der Waals surface area contributed by atoms with E-state index < -0.39 is 6.10 Å². The number of nitrogens with zero attached hydrogens (tertiary/aromatic N) is 1. The summed E-state index contributed by atoms with van der Waals surface area (Å²) >= 11 is 0. The normalized spacial score (nSPS) is 19.4. The third-order valence-electron chi connectivity index (χ3n) is 5.52. The minimum Gasteiger partial charge on any atom is -0.480 e. The van der Waals surface area contributed by atoms with E-state index in [4.69, 9.17) is 4.74 Å². The molecular formula is C23H28ClN3O3. The summed E-state index contributed by atoms with van der Waals surface area (Å²) in [5.41, 5.74) is 2.25. The van der Waals surface area contributed by atoms with Gasteiger partial charge in [0.05, 0.1) is 0 Å². The average molecular weight is 430 g/mol. The maximum atomic E-state index is 13.1. The lowest BCUT2D eigenvalue weighted by Gasteiger charge is -2.28. The van der Waals surface area contributed by atoms with Crippen LogP contribution in [0.4, 0.5) is 5.69 Å². The van der Waals surface area contributed by atoms with Crippen LogP contribution in [0.5, 0.6) is 5.75 Å². The number of hydrogen-bond donors (Lipinski definition) is 2. The molecule has 1 fully saturated rings. The number of benzene rings is 2. The van der Waals surface area contributed by atoms with E-state index in [1.807, 2.05) is 41.3 Å². The van der Waals surface area contributed by atoms with Crippen molar-refractivity contribution in [2.24, 2.45) is 0 Å². The van der Waals surface area contributed by atoms with Gasteiger partial charge in [0.2, 0.25) is 0 Å². The van der Waals surface area contributed by atoms with E-state index >= 15 is 0 Å². The first-order valence-electron chi connectivity index (χ1n) is 10.3. The highest BCUT2D eigenvalue weighted by atomic mass is 35.5. The summed E-state index contributed by atoms with van der Waals surface area (Å²) in [6.45, 7) is 4.59. The van der Waals surface area contributed by atoms with E-state index in [0.717, 1.165) is 43.8 Å². The van der Waals surface area contributed by atoms with Crippen molar-refractivity contribution in [1.82, 2.24) is 10.2 Å². The quantitative estimate of drug-likeness (QED) is 0.739. The maximum absolute atomic E-state index is 13.1. The van der Waals surface area contributed by atoms with Gasteiger partial charge in [-0.1, -0.05) is 31.2 Å². The number of hydrogen-bond acceptors (Lipinski definition) is 4. The first-order valence-corrected chi connectivity index (χ1v) is 10.3. The van der Waals surface area contributed by atoms with Gasteiger partial charge in [0.25, 0.3) is 11.8 Å². The largest absolute Gasteiger partial charge is 0.480 e. The lowest BCUT2D eigenvalue weighted by atomic mass is 10.1. The molecule has 0 aromatic heterocycles. The Morgan fingerprint density at radius 3 is 2.77 bits per heavy atom. The lowest BCUT2D eigenvalue weighted by molar-refractivity contribution is -0.122. The summed E-state index contributed by atoms with van der Waals surface area (Å²) in [4.78, 5) is 27.8. The van der Waals surface area contributed by atoms with E-state index in [1.165, 1.54) is 0 Å². The van der Waals surface area contributed by atoms with E-state index in [2.05, 4.69) is 17.6 Å². The Labute approximate surface area is 183 Å². The van der Waals surface area contributed by atoms with Gasteiger partial charge in [0.1, 0.15) is 5.75 Å². The Bertz CT molecular complexity index is 874. The zero-order valence-corrected chi connectivity index (χ0v) is 17.9. The van der Waals surface area contributed by atoms with Crippen LogP contribution in [0.3, 0.4) is 0 Å². The van der Waals surface area contributed by atoms with Crippen LogP contribution in [0.1, 0.15) is 35.7 Å². The van der Waals surface area contributed by atoms with Crippen LogP contribution in [0.25, 0.3) is 0 Å². The van der Waals surface area contributed by atoms with Gasteiger partial charge in [0.15, 0.2) is 6.10 Å². The van der Waals surface area contributed by atoms with Crippen LogP contribution in [-0.4, -0.2) is 48.5 Å². The molecule has 0 saturated carbocycles. The summed E-state index contributed by atoms with van der Waals surface area (Å²) in [5.74, 6) is 0.578. The van der Waals surface area contributed by atoms with Crippen LogP contribution in [0.15, 0.2) is 48.5 Å². The molecule has 2 aliphatic rings. The molecule has 7 heteroatoms. The molecule has 2 heterocycles. The van der Waals surface area contributed by atoms with Gasteiger partial charge in [0, 0.05) is 36.8 Å².